The fourth-order valence-corrected chi connectivity index (χ4v) is 8.89. The van der Waals surface area contributed by atoms with Crippen molar-refractivity contribution < 1.29 is 4.57 Å². The molecule has 200 valence electrons. The van der Waals surface area contributed by atoms with Crippen molar-refractivity contribution in [1.82, 2.24) is 0 Å². The maximum absolute atomic E-state index is 2.53. The Balaban J connectivity index is 1.10. The molecule has 0 saturated carbocycles. The number of hydrogen-bond acceptors (Lipinski definition) is 3. The Hall–Kier alpha value is -3.86. The highest BCUT2D eigenvalue weighted by Gasteiger charge is 2.33. The molecule has 4 heteroatoms. The van der Waals surface area contributed by atoms with E-state index in [9.17, 15) is 0 Å². The van der Waals surface area contributed by atoms with Crippen LogP contribution in [-0.4, -0.2) is 6.54 Å². The van der Waals surface area contributed by atoms with Crippen LogP contribution in [0.15, 0.2) is 130 Å². The molecule has 0 N–H and O–H groups in total. The molecule has 0 amide bonds. The summed E-state index contributed by atoms with van der Waals surface area (Å²) in [5.74, 6) is 0. The van der Waals surface area contributed by atoms with E-state index in [0.29, 0.717) is 0 Å². The average Bonchev–Trinajstić information content (AvgIpc) is 3.78. The van der Waals surface area contributed by atoms with Gasteiger partial charge in [0.25, 0.3) is 5.01 Å². The van der Waals surface area contributed by atoms with Crippen LogP contribution in [0.25, 0.3) is 38.0 Å². The second-order valence-electron chi connectivity index (χ2n) is 11.0. The van der Waals surface area contributed by atoms with Gasteiger partial charge >= 0.3 is 0 Å². The summed E-state index contributed by atoms with van der Waals surface area (Å²) >= 11 is 3.90. The number of allylic oxidation sites excluding steroid dienone is 4. The zero-order chi connectivity index (χ0) is 27.3. The third kappa shape index (κ3) is 4.37. The monoisotopic (exact) mass is 567 g/mol. The molecule has 3 aliphatic heterocycles. The normalized spacial score (nSPS) is 17.0. The van der Waals surface area contributed by atoms with E-state index in [1.807, 2.05) is 23.1 Å². The quantitative estimate of drug-likeness (QED) is 0.195. The molecule has 0 unspecified atom stereocenters. The highest BCUT2D eigenvalue weighted by molar-refractivity contribution is 8.03. The molecule has 1 aromatic heterocycles. The van der Waals surface area contributed by atoms with Gasteiger partial charge < -0.3 is 4.90 Å². The van der Waals surface area contributed by atoms with E-state index >= 15 is 0 Å². The summed E-state index contributed by atoms with van der Waals surface area (Å²) in [5, 5.41) is 2.85. The fraction of sp³-hybridized carbons (Fsp3) is 0.162. The molecule has 0 atom stereocenters. The lowest BCUT2D eigenvalue weighted by Crippen LogP contribution is -2.30. The number of nitrogens with zero attached hydrogens (tertiary/aromatic N) is 2. The lowest BCUT2D eigenvalue weighted by atomic mass is 10.0. The van der Waals surface area contributed by atoms with E-state index in [1.165, 1.54) is 69.8 Å². The van der Waals surface area contributed by atoms with Gasteiger partial charge in [-0.15, -0.1) is 0 Å². The van der Waals surface area contributed by atoms with Gasteiger partial charge in [0, 0.05) is 29.5 Å². The molecule has 0 saturated heterocycles. The third-order valence-corrected chi connectivity index (χ3v) is 11.0. The van der Waals surface area contributed by atoms with E-state index in [1.54, 1.807) is 0 Å². The Bertz CT molecular complexity index is 1890. The van der Waals surface area contributed by atoms with Crippen molar-refractivity contribution in [2.24, 2.45) is 0 Å². The maximum Gasteiger partial charge on any atom is 0.266 e. The lowest BCUT2D eigenvalue weighted by Gasteiger charge is -2.14. The molecule has 4 aromatic carbocycles. The SMILES string of the molecule is CCC(=CC1=C2Sc3cc(-c4ccccc4)ccc3N2CC1)C=C1CC[n+]2c1sc1cc(-c3ccccc3)ccc12. The first-order valence-corrected chi connectivity index (χ1v) is 16.2. The van der Waals surface area contributed by atoms with Crippen LogP contribution in [0, 0.1) is 0 Å². The minimum absolute atomic E-state index is 1.04. The largest absolute Gasteiger partial charge is 0.334 e. The van der Waals surface area contributed by atoms with Crippen LogP contribution in [0.3, 0.4) is 0 Å². The van der Waals surface area contributed by atoms with Gasteiger partial charge in [0.15, 0.2) is 6.54 Å². The molecule has 5 aromatic rings. The van der Waals surface area contributed by atoms with Gasteiger partial charge in [0.05, 0.1) is 10.7 Å². The molecule has 0 aliphatic carbocycles. The summed E-state index contributed by atoms with van der Waals surface area (Å²) in [6.45, 7) is 4.43. The number of thioether (sulfide) groups is 1. The van der Waals surface area contributed by atoms with Crippen molar-refractivity contribution in [2.75, 3.05) is 11.4 Å². The number of hydrogen-bond donors (Lipinski definition) is 0. The van der Waals surface area contributed by atoms with E-state index in [0.717, 1.165) is 32.4 Å². The van der Waals surface area contributed by atoms with Crippen molar-refractivity contribution in [2.45, 2.75) is 37.6 Å². The summed E-state index contributed by atoms with van der Waals surface area (Å²) in [5.41, 5.74) is 12.3. The van der Waals surface area contributed by atoms with Gasteiger partial charge in [-0.1, -0.05) is 103 Å². The van der Waals surface area contributed by atoms with Gasteiger partial charge in [-0.25, -0.2) is 0 Å². The highest BCUT2D eigenvalue weighted by atomic mass is 32.2. The Morgan fingerprint density at radius 1 is 0.829 bits per heavy atom. The van der Waals surface area contributed by atoms with E-state index in [2.05, 4.69) is 126 Å². The van der Waals surface area contributed by atoms with Crippen LogP contribution >= 0.6 is 23.1 Å². The number of anilines is 1. The molecule has 0 fully saturated rings. The molecule has 0 spiro atoms. The van der Waals surface area contributed by atoms with E-state index < -0.39 is 0 Å². The number of aryl methyl sites for hydroxylation is 1. The summed E-state index contributed by atoms with van der Waals surface area (Å²) in [6.07, 6.45) is 8.24. The lowest BCUT2D eigenvalue weighted by molar-refractivity contribution is -0.659. The Morgan fingerprint density at radius 2 is 1.56 bits per heavy atom. The zero-order valence-electron chi connectivity index (χ0n) is 23.1. The second-order valence-corrected chi connectivity index (χ2v) is 13.0. The molecule has 0 bridgehead atoms. The summed E-state index contributed by atoms with van der Waals surface area (Å²) in [6, 6.07) is 35.3. The van der Waals surface area contributed by atoms with Gasteiger partial charge in [0.2, 0.25) is 5.52 Å². The predicted octanol–water partition coefficient (Wildman–Crippen LogP) is 9.87. The molecule has 41 heavy (non-hydrogen) atoms. The maximum atomic E-state index is 2.53. The van der Waals surface area contributed by atoms with Crippen molar-refractivity contribution in [3.8, 4) is 22.3 Å². The van der Waals surface area contributed by atoms with Gasteiger partial charge in [-0.2, -0.15) is 4.57 Å². The van der Waals surface area contributed by atoms with Crippen LogP contribution in [0.5, 0.6) is 0 Å². The molecule has 2 nitrogen and oxygen atoms in total. The topological polar surface area (TPSA) is 7.12 Å². The highest BCUT2D eigenvalue weighted by Crippen LogP contribution is 2.52. The van der Waals surface area contributed by atoms with E-state index in [-0.39, 0.29) is 0 Å². The minimum Gasteiger partial charge on any atom is -0.334 e. The first-order valence-electron chi connectivity index (χ1n) is 14.6. The number of aromatic nitrogens is 1. The molecule has 0 radical (unpaired) electrons. The molecule has 3 aliphatic rings. The standard InChI is InChI=1S/C37H31N2S2/c1-2-25(21-30-17-19-38-32-15-13-28(23-34(32)40-36(30)38)26-9-5-3-6-10-26)22-31-18-20-39-33-16-14-29(24-35(33)41-37(31)39)27-11-7-4-8-12-27/h3-16,21-24H,2,17-20H2,1H3/q+1. The van der Waals surface area contributed by atoms with Crippen molar-refractivity contribution in [1.29, 1.82) is 0 Å². The molecule has 8 rings (SSSR count). The number of benzene rings is 4. The van der Waals surface area contributed by atoms with E-state index in [4.69, 9.17) is 0 Å². The predicted molar refractivity (Wildman–Crippen MR) is 175 cm³/mol. The zero-order valence-corrected chi connectivity index (χ0v) is 24.8. The fourth-order valence-electron chi connectivity index (χ4n) is 6.36. The molecule has 4 heterocycles. The van der Waals surface area contributed by atoms with Crippen molar-refractivity contribution in [3.05, 3.63) is 130 Å². The van der Waals surface area contributed by atoms with Crippen molar-refractivity contribution in [3.63, 3.8) is 0 Å². The first-order chi connectivity index (χ1) is 20.2. The summed E-state index contributed by atoms with van der Waals surface area (Å²) < 4.78 is 3.90. The molecular formula is C37H31N2S2+. The van der Waals surface area contributed by atoms with Crippen LogP contribution in [0.4, 0.5) is 5.69 Å². The average molecular weight is 568 g/mol. The molecular weight excluding hydrogens is 537 g/mol. The van der Waals surface area contributed by atoms with Crippen LogP contribution in [0.2, 0.25) is 0 Å². The van der Waals surface area contributed by atoms with Crippen LogP contribution in [0.1, 0.15) is 31.2 Å². The second kappa shape index (κ2) is 10.2. The minimum atomic E-state index is 1.04. The number of thiazole rings is 1. The summed E-state index contributed by atoms with van der Waals surface area (Å²) in [7, 11) is 0. The third-order valence-electron chi connectivity index (χ3n) is 8.51. The van der Waals surface area contributed by atoms with Crippen molar-refractivity contribution >= 4 is 44.6 Å². The van der Waals surface area contributed by atoms with Gasteiger partial charge in [-0.05, 0) is 76.6 Å². The Morgan fingerprint density at radius 3 is 2.32 bits per heavy atom. The number of fused-ring (bicyclic) bond motifs is 6. The summed E-state index contributed by atoms with van der Waals surface area (Å²) in [4.78, 5) is 3.90. The van der Waals surface area contributed by atoms with Gasteiger partial charge in [-0.3, -0.25) is 0 Å². The Labute approximate surface area is 250 Å². The van der Waals surface area contributed by atoms with Crippen LogP contribution in [-0.2, 0) is 6.54 Å². The van der Waals surface area contributed by atoms with Gasteiger partial charge in [0.1, 0.15) is 4.70 Å². The Kier molecular flexibility index (Phi) is 6.19. The smallest absolute Gasteiger partial charge is 0.266 e. The van der Waals surface area contributed by atoms with Crippen LogP contribution < -0.4 is 9.47 Å². The first kappa shape index (κ1) is 24.9. The number of rotatable bonds is 5.